The fourth-order valence-corrected chi connectivity index (χ4v) is 4.11. The maximum Gasteiger partial charge on any atom is 0.310 e. The first-order valence-corrected chi connectivity index (χ1v) is 10.6. The first kappa shape index (κ1) is 20.4. The highest BCUT2D eigenvalue weighted by Gasteiger charge is 2.27. The van der Waals surface area contributed by atoms with Gasteiger partial charge in [0, 0.05) is 30.2 Å². The first-order chi connectivity index (χ1) is 14.7. The molecule has 1 aliphatic heterocycles. The highest BCUT2D eigenvalue weighted by Crippen LogP contribution is 2.23. The number of ether oxygens (including phenoxy) is 1. The molecule has 4 rings (SSSR count). The summed E-state index contributed by atoms with van der Waals surface area (Å²) in [7, 11) is 0. The van der Waals surface area contributed by atoms with Crippen molar-refractivity contribution in [1.82, 2.24) is 24.2 Å². The van der Waals surface area contributed by atoms with Crippen molar-refractivity contribution in [3.63, 3.8) is 0 Å². The zero-order valence-electron chi connectivity index (χ0n) is 17.0. The summed E-state index contributed by atoms with van der Waals surface area (Å²) in [6.07, 6.45) is 5.34. The van der Waals surface area contributed by atoms with E-state index in [-0.39, 0.29) is 11.9 Å². The quantitative estimate of drug-likeness (QED) is 0.445. The van der Waals surface area contributed by atoms with E-state index in [4.69, 9.17) is 22.1 Å². The summed E-state index contributed by atoms with van der Waals surface area (Å²) < 4.78 is 9.64. The summed E-state index contributed by atoms with van der Waals surface area (Å²) in [5.74, 6) is 0.539. The molecule has 0 spiro atoms. The monoisotopic (exact) mass is 423 g/mol. The largest absolute Gasteiger partial charge is 0.466 e. The van der Waals surface area contributed by atoms with Gasteiger partial charge in [-0.3, -0.25) is 19.2 Å². The van der Waals surface area contributed by atoms with Crippen molar-refractivity contribution in [1.29, 1.82) is 0 Å². The van der Waals surface area contributed by atoms with Crippen LogP contribution in [0.25, 0.3) is 17.1 Å². The first-order valence-electron chi connectivity index (χ1n) is 10.2. The average molecular weight is 424 g/mol. The Morgan fingerprint density at radius 1 is 1.23 bits per heavy atom. The number of rotatable bonds is 6. The van der Waals surface area contributed by atoms with Crippen molar-refractivity contribution >= 4 is 18.2 Å². The van der Waals surface area contributed by atoms with Crippen LogP contribution in [0.1, 0.15) is 19.8 Å². The predicted molar refractivity (Wildman–Crippen MR) is 117 cm³/mol. The van der Waals surface area contributed by atoms with Crippen molar-refractivity contribution in [2.75, 3.05) is 19.7 Å². The van der Waals surface area contributed by atoms with E-state index in [1.165, 1.54) is 0 Å². The molecule has 0 amide bonds. The third-order valence-electron chi connectivity index (χ3n) is 5.23. The molecule has 0 aliphatic carbocycles. The topological polar surface area (TPSA) is 65.2 Å². The third-order valence-corrected chi connectivity index (χ3v) is 5.63. The minimum atomic E-state index is -0.114. The maximum atomic E-state index is 12.2. The van der Waals surface area contributed by atoms with Crippen LogP contribution in [0, 0.1) is 10.7 Å². The normalized spacial score (nSPS) is 17.0. The number of hydrogen-bond donors (Lipinski definition) is 0. The van der Waals surface area contributed by atoms with Crippen LogP contribution in [-0.4, -0.2) is 49.9 Å². The molecule has 1 atom stereocenters. The molecule has 0 N–H and O–H groups in total. The van der Waals surface area contributed by atoms with Crippen molar-refractivity contribution < 1.29 is 9.53 Å². The number of hydrogen-bond acceptors (Lipinski definition) is 6. The van der Waals surface area contributed by atoms with Crippen molar-refractivity contribution in [2.45, 2.75) is 26.4 Å². The highest BCUT2D eigenvalue weighted by atomic mass is 32.1. The molecule has 30 heavy (non-hydrogen) atoms. The van der Waals surface area contributed by atoms with Crippen LogP contribution in [-0.2, 0) is 16.2 Å². The molecule has 3 aromatic rings. The van der Waals surface area contributed by atoms with E-state index in [0.29, 0.717) is 24.6 Å². The lowest BCUT2D eigenvalue weighted by Crippen LogP contribution is -2.40. The fraction of sp³-hybridized carbons (Fsp3) is 0.364. The molecule has 0 saturated carbocycles. The lowest BCUT2D eigenvalue weighted by molar-refractivity contribution is -0.150. The minimum absolute atomic E-state index is 0.0955. The number of aromatic nitrogens is 4. The number of piperidine rings is 1. The predicted octanol–water partition coefficient (Wildman–Crippen LogP) is 3.70. The number of nitrogens with zero attached hydrogens (tertiary/aromatic N) is 5. The molecule has 1 aromatic carbocycles. The van der Waals surface area contributed by atoms with Crippen LogP contribution < -0.4 is 0 Å². The van der Waals surface area contributed by atoms with E-state index in [1.54, 1.807) is 12.4 Å². The zero-order valence-corrected chi connectivity index (χ0v) is 17.8. The molecule has 0 radical (unpaired) electrons. The van der Waals surface area contributed by atoms with Crippen LogP contribution in [0.15, 0.2) is 54.9 Å². The van der Waals surface area contributed by atoms with E-state index < -0.39 is 0 Å². The van der Waals surface area contributed by atoms with E-state index in [1.807, 2.05) is 58.6 Å². The molecule has 156 valence electrons. The Balaban J connectivity index is 1.65. The lowest BCUT2D eigenvalue weighted by atomic mass is 9.99. The third kappa shape index (κ3) is 4.34. The number of para-hydroxylation sites is 1. The smallest absolute Gasteiger partial charge is 0.310 e. The SMILES string of the molecule is CCOC(=O)[C@H]1CCCN(Cn2nc(-c3cccnc3)n(-c3ccccc3)c2=S)C1. The van der Waals surface area contributed by atoms with Gasteiger partial charge in [-0.25, -0.2) is 4.68 Å². The van der Waals surface area contributed by atoms with Gasteiger partial charge in [0.1, 0.15) is 0 Å². The maximum absolute atomic E-state index is 12.2. The van der Waals surface area contributed by atoms with Gasteiger partial charge in [-0.2, -0.15) is 0 Å². The Bertz CT molecular complexity index is 1050. The second kappa shape index (κ2) is 9.32. The van der Waals surface area contributed by atoms with E-state index in [0.717, 1.165) is 36.5 Å². The second-order valence-electron chi connectivity index (χ2n) is 7.33. The number of esters is 1. The summed E-state index contributed by atoms with van der Waals surface area (Å²) in [5, 5.41) is 4.83. The molecule has 1 fully saturated rings. The van der Waals surface area contributed by atoms with E-state index in [9.17, 15) is 4.79 Å². The average Bonchev–Trinajstić information content (AvgIpc) is 3.11. The van der Waals surface area contributed by atoms with Crippen LogP contribution in [0.5, 0.6) is 0 Å². The highest BCUT2D eigenvalue weighted by molar-refractivity contribution is 7.71. The van der Waals surface area contributed by atoms with Crippen LogP contribution in [0.3, 0.4) is 0 Å². The second-order valence-corrected chi connectivity index (χ2v) is 7.69. The Hall–Kier alpha value is -2.84. The van der Waals surface area contributed by atoms with Crippen LogP contribution in [0.4, 0.5) is 0 Å². The summed E-state index contributed by atoms with van der Waals surface area (Å²) in [5.41, 5.74) is 1.85. The van der Waals surface area contributed by atoms with Gasteiger partial charge >= 0.3 is 5.97 Å². The Labute approximate surface area is 180 Å². The van der Waals surface area contributed by atoms with Crippen molar-refractivity contribution in [3.8, 4) is 17.1 Å². The van der Waals surface area contributed by atoms with Gasteiger partial charge < -0.3 is 4.74 Å². The molecule has 0 bridgehead atoms. The summed E-state index contributed by atoms with van der Waals surface area (Å²) in [6, 6.07) is 13.8. The Morgan fingerprint density at radius 2 is 2.07 bits per heavy atom. The lowest BCUT2D eigenvalue weighted by Gasteiger charge is -2.31. The van der Waals surface area contributed by atoms with Gasteiger partial charge in [0.05, 0.1) is 19.2 Å². The number of carbonyl (C=O) groups is 1. The fourth-order valence-electron chi connectivity index (χ4n) is 3.82. The molecule has 1 saturated heterocycles. The molecule has 1 aliphatic rings. The molecule has 0 unspecified atom stereocenters. The summed E-state index contributed by atoms with van der Waals surface area (Å²) >= 11 is 5.81. The van der Waals surface area contributed by atoms with Crippen molar-refractivity contribution in [3.05, 3.63) is 59.6 Å². The van der Waals surface area contributed by atoms with E-state index in [2.05, 4.69) is 9.88 Å². The standard InChI is InChI=1S/C22H25N5O2S/c1-2-29-21(28)18-9-7-13-25(15-18)16-26-22(30)27(19-10-4-3-5-11-19)20(24-26)17-8-6-12-23-14-17/h3-6,8,10-12,14,18H,2,7,9,13,15-16H2,1H3/t18-/m0/s1. The Kier molecular flexibility index (Phi) is 6.35. The zero-order chi connectivity index (χ0) is 20.9. The van der Waals surface area contributed by atoms with E-state index >= 15 is 0 Å². The number of likely N-dealkylation sites (tertiary alicyclic amines) is 1. The molecular formula is C22H25N5O2S. The number of pyridine rings is 1. The minimum Gasteiger partial charge on any atom is -0.466 e. The molecule has 3 heterocycles. The molecule has 2 aromatic heterocycles. The molecule has 8 heteroatoms. The van der Waals surface area contributed by atoms with Crippen molar-refractivity contribution in [2.24, 2.45) is 5.92 Å². The van der Waals surface area contributed by atoms with Gasteiger partial charge in [-0.05, 0) is 62.8 Å². The summed E-state index contributed by atoms with van der Waals surface area (Å²) in [4.78, 5) is 18.6. The summed E-state index contributed by atoms with van der Waals surface area (Å²) in [6.45, 7) is 4.34. The Morgan fingerprint density at radius 3 is 2.80 bits per heavy atom. The van der Waals surface area contributed by atoms with Crippen LogP contribution >= 0.6 is 12.2 Å². The van der Waals surface area contributed by atoms with Gasteiger partial charge in [-0.15, -0.1) is 5.10 Å². The van der Waals surface area contributed by atoms with Gasteiger partial charge in [0.2, 0.25) is 4.77 Å². The number of carbonyl (C=O) groups excluding carboxylic acids is 1. The molecular weight excluding hydrogens is 398 g/mol. The molecule has 7 nitrogen and oxygen atoms in total. The van der Waals surface area contributed by atoms with Gasteiger partial charge in [0.15, 0.2) is 5.82 Å². The van der Waals surface area contributed by atoms with Gasteiger partial charge in [0.25, 0.3) is 0 Å². The van der Waals surface area contributed by atoms with Gasteiger partial charge in [-0.1, -0.05) is 18.2 Å². The number of benzene rings is 1. The van der Waals surface area contributed by atoms with Crippen LogP contribution in [0.2, 0.25) is 0 Å².